The fraction of sp³-hybridized carbons (Fsp3) is 0.600. The van der Waals surface area contributed by atoms with E-state index in [2.05, 4.69) is 48.4 Å². The van der Waals surface area contributed by atoms with Gasteiger partial charge in [0.1, 0.15) is 0 Å². The summed E-state index contributed by atoms with van der Waals surface area (Å²) in [4.78, 5) is 1.52. The second kappa shape index (κ2) is 5.03. The first-order chi connectivity index (χ1) is 8.36. The maximum absolute atomic E-state index is 3.50. The molecule has 0 aromatic heterocycles. The summed E-state index contributed by atoms with van der Waals surface area (Å²) < 4.78 is 0. The molecule has 92 valence electrons. The van der Waals surface area contributed by atoms with Crippen LogP contribution in [0, 0.1) is 5.92 Å². The molecule has 1 heterocycles. The van der Waals surface area contributed by atoms with Gasteiger partial charge in [-0.2, -0.15) is 0 Å². The summed E-state index contributed by atoms with van der Waals surface area (Å²) >= 11 is 2.11. The first-order valence-electron chi connectivity index (χ1n) is 6.78. The second-order valence-corrected chi connectivity index (χ2v) is 6.72. The van der Waals surface area contributed by atoms with Crippen LogP contribution in [0.4, 0.5) is 0 Å². The zero-order valence-electron chi connectivity index (χ0n) is 10.5. The van der Waals surface area contributed by atoms with Gasteiger partial charge in [0, 0.05) is 16.2 Å². The van der Waals surface area contributed by atoms with Crippen LogP contribution in [0.1, 0.15) is 31.2 Å². The summed E-state index contributed by atoms with van der Waals surface area (Å²) in [5, 5.41) is 4.33. The molecule has 1 N–H and O–H groups in total. The Bertz CT molecular complexity index is 365. The highest BCUT2D eigenvalue weighted by Crippen LogP contribution is 2.42. The quantitative estimate of drug-likeness (QED) is 0.877. The fourth-order valence-corrected chi connectivity index (χ4v) is 4.85. The van der Waals surface area contributed by atoms with Gasteiger partial charge in [-0.3, -0.25) is 0 Å². The normalized spacial score (nSPS) is 31.7. The van der Waals surface area contributed by atoms with Crippen molar-refractivity contribution in [2.45, 2.75) is 48.3 Å². The van der Waals surface area contributed by atoms with Crippen LogP contribution in [-0.4, -0.2) is 18.3 Å². The van der Waals surface area contributed by atoms with Gasteiger partial charge >= 0.3 is 0 Å². The second-order valence-electron chi connectivity index (χ2n) is 5.37. The highest BCUT2D eigenvalue weighted by molar-refractivity contribution is 8.00. The molecule has 3 rings (SSSR count). The number of fused-ring (bicyclic) bond motifs is 1. The molecule has 1 saturated carbocycles. The Balaban J connectivity index is 1.62. The molecule has 1 aromatic carbocycles. The third-order valence-corrected chi connectivity index (χ3v) is 5.65. The van der Waals surface area contributed by atoms with E-state index in [0.717, 1.165) is 17.2 Å². The van der Waals surface area contributed by atoms with Gasteiger partial charge in [-0.1, -0.05) is 24.6 Å². The van der Waals surface area contributed by atoms with Gasteiger partial charge in [-0.15, -0.1) is 11.8 Å². The molecule has 17 heavy (non-hydrogen) atoms. The molecule has 1 aliphatic carbocycles. The number of benzene rings is 1. The smallest absolute Gasteiger partial charge is 0.0138 e. The minimum absolute atomic E-state index is 0.777. The first kappa shape index (κ1) is 11.6. The van der Waals surface area contributed by atoms with Crippen molar-refractivity contribution < 1.29 is 0 Å². The molecule has 2 aliphatic rings. The highest BCUT2D eigenvalue weighted by Gasteiger charge is 2.31. The van der Waals surface area contributed by atoms with Gasteiger partial charge < -0.3 is 5.32 Å². The van der Waals surface area contributed by atoms with Crippen LogP contribution >= 0.6 is 11.8 Å². The number of hydrogen-bond donors (Lipinski definition) is 1. The Morgan fingerprint density at radius 2 is 2.18 bits per heavy atom. The van der Waals surface area contributed by atoms with E-state index in [4.69, 9.17) is 0 Å². The summed E-state index contributed by atoms with van der Waals surface area (Å²) in [6, 6.07) is 9.70. The maximum atomic E-state index is 3.50. The van der Waals surface area contributed by atoms with Gasteiger partial charge in [-0.05, 0) is 50.3 Å². The molecule has 1 nitrogen and oxygen atoms in total. The molecule has 0 bridgehead atoms. The molecule has 0 radical (unpaired) electrons. The molecule has 1 aromatic rings. The van der Waals surface area contributed by atoms with E-state index in [9.17, 15) is 0 Å². The third-order valence-electron chi connectivity index (χ3n) is 4.31. The Labute approximate surface area is 108 Å². The molecule has 0 amide bonds. The van der Waals surface area contributed by atoms with E-state index in [1.807, 2.05) is 0 Å². The number of hydrogen-bond acceptors (Lipinski definition) is 2. The minimum atomic E-state index is 0.777. The largest absolute Gasteiger partial charge is 0.317 e. The van der Waals surface area contributed by atoms with Crippen LogP contribution in [0.25, 0.3) is 0 Å². The van der Waals surface area contributed by atoms with Crippen molar-refractivity contribution in [3.63, 3.8) is 0 Å². The maximum Gasteiger partial charge on any atom is 0.0138 e. The molecule has 1 fully saturated rings. The van der Waals surface area contributed by atoms with E-state index in [0.29, 0.717) is 0 Å². The third kappa shape index (κ3) is 2.38. The van der Waals surface area contributed by atoms with Crippen molar-refractivity contribution in [1.82, 2.24) is 5.32 Å². The monoisotopic (exact) mass is 247 g/mol. The summed E-state index contributed by atoms with van der Waals surface area (Å²) in [5.41, 5.74) is 1.57. The lowest BCUT2D eigenvalue weighted by atomic mass is 9.95. The van der Waals surface area contributed by atoms with Crippen LogP contribution < -0.4 is 5.32 Å². The van der Waals surface area contributed by atoms with Crippen LogP contribution in [0.2, 0.25) is 0 Å². The lowest BCUT2D eigenvalue weighted by molar-refractivity contribution is 0.396. The topological polar surface area (TPSA) is 12.0 Å². The van der Waals surface area contributed by atoms with Crippen molar-refractivity contribution >= 4 is 11.8 Å². The van der Waals surface area contributed by atoms with Gasteiger partial charge in [0.25, 0.3) is 0 Å². The Morgan fingerprint density at radius 3 is 3.00 bits per heavy atom. The SMILES string of the molecule is CNC1CCCC1CC1Cc2ccccc2S1. The molecule has 0 saturated heterocycles. The Hall–Kier alpha value is -0.470. The highest BCUT2D eigenvalue weighted by atomic mass is 32.2. The van der Waals surface area contributed by atoms with Crippen LogP contribution in [-0.2, 0) is 6.42 Å². The fourth-order valence-electron chi connectivity index (χ4n) is 3.42. The van der Waals surface area contributed by atoms with Crippen molar-refractivity contribution in [2.75, 3.05) is 7.05 Å². The molecular formula is C15H21NS. The lowest BCUT2D eigenvalue weighted by Gasteiger charge is -2.21. The van der Waals surface area contributed by atoms with Crippen molar-refractivity contribution in [1.29, 1.82) is 0 Å². The average Bonchev–Trinajstić information content (AvgIpc) is 2.94. The standard InChI is InChI=1S/C15H21NS/c1-16-14-7-4-6-11(14)9-13-10-12-5-2-3-8-15(12)17-13/h2-3,5,8,11,13-14,16H,4,6-7,9-10H2,1H3. The van der Waals surface area contributed by atoms with Crippen molar-refractivity contribution in [3.8, 4) is 0 Å². The van der Waals surface area contributed by atoms with Crippen LogP contribution in [0.3, 0.4) is 0 Å². The zero-order chi connectivity index (χ0) is 11.7. The number of nitrogens with one attached hydrogen (secondary N) is 1. The Morgan fingerprint density at radius 1 is 1.29 bits per heavy atom. The predicted molar refractivity (Wildman–Crippen MR) is 74.6 cm³/mol. The summed E-state index contributed by atoms with van der Waals surface area (Å²) in [5.74, 6) is 0.909. The molecule has 3 unspecified atom stereocenters. The number of rotatable bonds is 3. The molecule has 1 aliphatic heterocycles. The van der Waals surface area contributed by atoms with Crippen molar-refractivity contribution in [3.05, 3.63) is 29.8 Å². The minimum Gasteiger partial charge on any atom is -0.317 e. The molecular weight excluding hydrogens is 226 g/mol. The van der Waals surface area contributed by atoms with E-state index in [1.54, 1.807) is 5.56 Å². The lowest BCUT2D eigenvalue weighted by Crippen LogP contribution is -2.30. The Kier molecular flexibility index (Phi) is 3.44. The van der Waals surface area contributed by atoms with Crippen LogP contribution in [0.15, 0.2) is 29.2 Å². The summed E-state index contributed by atoms with van der Waals surface area (Å²) in [6.45, 7) is 0. The van der Waals surface area contributed by atoms with E-state index in [-0.39, 0.29) is 0 Å². The molecule has 3 atom stereocenters. The van der Waals surface area contributed by atoms with Crippen molar-refractivity contribution in [2.24, 2.45) is 5.92 Å². The van der Waals surface area contributed by atoms with Gasteiger partial charge in [-0.25, -0.2) is 0 Å². The summed E-state index contributed by atoms with van der Waals surface area (Å²) in [6.07, 6.45) is 6.91. The van der Waals surface area contributed by atoms with E-state index in [1.165, 1.54) is 37.0 Å². The predicted octanol–water partition coefficient (Wildman–Crippen LogP) is 3.48. The van der Waals surface area contributed by atoms with Gasteiger partial charge in [0.05, 0.1) is 0 Å². The molecule has 2 heteroatoms. The first-order valence-corrected chi connectivity index (χ1v) is 7.66. The van der Waals surface area contributed by atoms with Crippen LogP contribution in [0.5, 0.6) is 0 Å². The summed E-state index contributed by atoms with van der Waals surface area (Å²) in [7, 11) is 2.12. The van der Waals surface area contributed by atoms with Gasteiger partial charge in [0.2, 0.25) is 0 Å². The van der Waals surface area contributed by atoms with Gasteiger partial charge in [0.15, 0.2) is 0 Å². The number of thioether (sulfide) groups is 1. The van der Waals surface area contributed by atoms with E-state index < -0.39 is 0 Å². The average molecular weight is 247 g/mol. The van der Waals surface area contributed by atoms with E-state index >= 15 is 0 Å². The zero-order valence-corrected chi connectivity index (χ0v) is 11.3. The molecule has 0 spiro atoms.